The average molecular weight is 322 g/mol. The maximum atomic E-state index is 13.1. The topological polar surface area (TPSA) is 73.8 Å². The van der Waals surface area contributed by atoms with E-state index in [2.05, 4.69) is 20.3 Å². The number of anilines is 1. The molecule has 120 valence electrons. The van der Waals surface area contributed by atoms with Crippen molar-refractivity contribution in [3.05, 3.63) is 54.0 Å². The fourth-order valence-corrected chi connectivity index (χ4v) is 2.38. The Hall–Kier alpha value is -2.61. The van der Waals surface area contributed by atoms with Crippen LogP contribution in [0.2, 0.25) is 0 Å². The summed E-state index contributed by atoms with van der Waals surface area (Å²) in [6.07, 6.45) is -2.50. The molecular weight excluding hydrogens is 309 g/mol. The van der Waals surface area contributed by atoms with Crippen LogP contribution in [-0.4, -0.2) is 26.7 Å². The highest BCUT2D eigenvalue weighted by Crippen LogP contribution is 2.37. The monoisotopic (exact) mass is 322 g/mol. The van der Waals surface area contributed by atoms with Gasteiger partial charge in [-0.3, -0.25) is 0 Å². The van der Waals surface area contributed by atoms with Gasteiger partial charge in [0.2, 0.25) is 0 Å². The van der Waals surface area contributed by atoms with Crippen molar-refractivity contribution in [3.8, 4) is 0 Å². The number of nitrogens with zero attached hydrogens (tertiary/aromatic N) is 2. The Kier molecular flexibility index (Phi) is 3.91. The van der Waals surface area contributed by atoms with Gasteiger partial charge in [0, 0.05) is 6.20 Å². The van der Waals surface area contributed by atoms with E-state index in [1.54, 1.807) is 24.3 Å². The molecule has 23 heavy (non-hydrogen) atoms. The largest absolute Gasteiger partial charge is 0.418 e. The highest BCUT2D eigenvalue weighted by Gasteiger charge is 2.35. The number of halogens is 3. The molecular formula is C15H13F3N4O. The smallest absolute Gasteiger partial charge is 0.394 e. The average Bonchev–Trinajstić information content (AvgIpc) is 2.98. The van der Waals surface area contributed by atoms with E-state index in [9.17, 15) is 18.3 Å². The molecule has 1 aromatic carbocycles. The molecule has 2 heterocycles. The molecule has 5 nitrogen and oxygen atoms in total. The normalized spacial score (nSPS) is 13.2. The number of aromatic amines is 1. The maximum Gasteiger partial charge on any atom is 0.418 e. The molecule has 1 atom stereocenters. The van der Waals surface area contributed by atoms with Gasteiger partial charge >= 0.3 is 6.18 Å². The molecule has 0 spiro atoms. The van der Waals surface area contributed by atoms with Crippen molar-refractivity contribution in [1.82, 2.24) is 15.0 Å². The molecule has 0 radical (unpaired) electrons. The zero-order valence-corrected chi connectivity index (χ0v) is 11.8. The number of hydrogen-bond donors (Lipinski definition) is 3. The third-order valence-corrected chi connectivity index (χ3v) is 3.47. The van der Waals surface area contributed by atoms with Crippen LogP contribution in [0.4, 0.5) is 19.0 Å². The van der Waals surface area contributed by atoms with Gasteiger partial charge in [-0.25, -0.2) is 9.97 Å². The molecule has 8 heteroatoms. The zero-order chi connectivity index (χ0) is 16.4. The second kappa shape index (κ2) is 5.88. The van der Waals surface area contributed by atoms with E-state index in [0.29, 0.717) is 0 Å². The molecule has 0 saturated heterocycles. The van der Waals surface area contributed by atoms with Crippen LogP contribution in [0, 0.1) is 0 Å². The van der Waals surface area contributed by atoms with Crippen molar-refractivity contribution < 1.29 is 18.3 Å². The first-order valence-corrected chi connectivity index (χ1v) is 6.82. The number of benzene rings is 1. The van der Waals surface area contributed by atoms with Crippen LogP contribution in [0.25, 0.3) is 11.0 Å². The number of aromatic nitrogens is 3. The van der Waals surface area contributed by atoms with Crippen molar-refractivity contribution in [3.63, 3.8) is 0 Å². The summed E-state index contributed by atoms with van der Waals surface area (Å²) in [4.78, 5) is 10.2. The molecule has 3 rings (SSSR count). The molecule has 2 aromatic heterocycles. The predicted molar refractivity (Wildman–Crippen MR) is 78.8 cm³/mol. The van der Waals surface area contributed by atoms with E-state index in [1.807, 2.05) is 6.07 Å². The van der Waals surface area contributed by atoms with Crippen LogP contribution in [-0.2, 0) is 6.18 Å². The highest BCUT2D eigenvalue weighted by molar-refractivity contribution is 5.90. The summed E-state index contributed by atoms with van der Waals surface area (Å²) in [5, 5.41) is 12.3. The van der Waals surface area contributed by atoms with Crippen LogP contribution in [0.3, 0.4) is 0 Å². The predicted octanol–water partition coefficient (Wildman–Crippen LogP) is 3.12. The van der Waals surface area contributed by atoms with Crippen LogP contribution in [0.15, 0.2) is 42.9 Å². The second-order valence-electron chi connectivity index (χ2n) is 4.94. The van der Waals surface area contributed by atoms with E-state index in [4.69, 9.17) is 0 Å². The summed E-state index contributed by atoms with van der Waals surface area (Å²) in [6, 6.07) is 8.35. The number of nitrogens with one attached hydrogen (secondary N) is 2. The molecule has 0 saturated carbocycles. The summed E-state index contributed by atoms with van der Waals surface area (Å²) in [7, 11) is 0. The second-order valence-corrected chi connectivity index (χ2v) is 4.94. The first-order valence-electron chi connectivity index (χ1n) is 6.82. The first kappa shape index (κ1) is 15.3. The lowest BCUT2D eigenvalue weighted by Crippen LogP contribution is -2.16. The SMILES string of the molecule is OC[C@@H](Nc1ncnc2[nH]cc(C(F)(F)F)c12)c1ccccc1. The zero-order valence-electron chi connectivity index (χ0n) is 11.8. The number of alkyl halides is 3. The van der Waals surface area contributed by atoms with Crippen molar-refractivity contribution in [2.75, 3.05) is 11.9 Å². The minimum Gasteiger partial charge on any atom is -0.394 e. The fourth-order valence-electron chi connectivity index (χ4n) is 2.38. The highest BCUT2D eigenvalue weighted by atomic mass is 19.4. The quantitative estimate of drug-likeness (QED) is 0.690. The van der Waals surface area contributed by atoms with E-state index in [1.165, 1.54) is 6.33 Å². The summed E-state index contributed by atoms with van der Waals surface area (Å²) in [6.45, 7) is -0.290. The molecule has 0 aliphatic carbocycles. The van der Waals surface area contributed by atoms with Gasteiger partial charge in [0.1, 0.15) is 17.8 Å². The van der Waals surface area contributed by atoms with Crippen molar-refractivity contribution in [2.24, 2.45) is 0 Å². The number of fused-ring (bicyclic) bond motifs is 1. The van der Waals surface area contributed by atoms with Gasteiger partial charge < -0.3 is 15.4 Å². The summed E-state index contributed by atoms with van der Waals surface area (Å²) >= 11 is 0. The maximum absolute atomic E-state index is 13.1. The van der Waals surface area contributed by atoms with Crippen molar-refractivity contribution >= 4 is 16.9 Å². The summed E-state index contributed by atoms with van der Waals surface area (Å²) in [5.41, 5.74) is -0.0224. The summed E-state index contributed by atoms with van der Waals surface area (Å²) in [5.74, 6) is 0.0199. The Morgan fingerprint density at radius 1 is 1.17 bits per heavy atom. The van der Waals surface area contributed by atoms with Crippen molar-refractivity contribution in [1.29, 1.82) is 0 Å². The van der Waals surface area contributed by atoms with Gasteiger partial charge in [0.05, 0.1) is 23.6 Å². The number of H-pyrrole nitrogens is 1. The van der Waals surface area contributed by atoms with Gasteiger partial charge in [0.25, 0.3) is 0 Å². The van der Waals surface area contributed by atoms with Crippen molar-refractivity contribution in [2.45, 2.75) is 12.2 Å². The summed E-state index contributed by atoms with van der Waals surface area (Å²) < 4.78 is 39.4. The molecule has 3 N–H and O–H groups in total. The van der Waals surface area contributed by atoms with E-state index < -0.39 is 17.8 Å². The van der Waals surface area contributed by atoms with E-state index in [-0.39, 0.29) is 23.5 Å². The van der Waals surface area contributed by atoms with Gasteiger partial charge in [-0.1, -0.05) is 30.3 Å². The Balaban J connectivity index is 2.04. The third-order valence-electron chi connectivity index (χ3n) is 3.47. The molecule has 0 fully saturated rings. The number of aliphatic hydroxyl groups is 1. The molecule has 0 aliphatic rings. The standard InChI is InChI=1S/C15H13F3N4O/c16-15(17,18)10-6-19-13-12(10)14(21-8-20-13)22-11(7-23)9-4-2-1-3-5-9/h1-6,8,11,23H,7H2,(H2,19,20,21,22)/t11-/m1/s1. The lowest BCUT2D eigenvalue weighted by molar-refractivity contribution is -0.136. The Labute approximate surface area is 129 Å². The third kappa shape index (κ3) is 2.98. The fraction of sp³-hybridized carbons (Fsp3) is 0.200. The lowest BCUT2D eigenvalue weighted by Gasteiger charge is -2.18. The minimum atomic E-state index is -4.53. The molecule has 3 aromatic rings. The van der Waals surface area contributed by atoms with Gasteiger partial charge in [-0.2, -0.15) is 13.2 Å². The van der Waals surface area contributed by atoms with Gasteiger partial charge in [0.15, 0.2) is 0 Å². The number of hydrogen-bond acceptors (Lipinski definition) is 4. The number of aliphatic hydroxyl groups excluding tert-OH is 1. The van der Waals surface area contributed by atoms with Gasteiger partial charge in [-0.05, 0) is 5.56 Å². The van der Waals surface area contributed by atoms with Crippen LogP contribution in [0.5, 0.6) is 0 Å². The number of rotatable bonds is 4. The van der Waals surface area contributed by atoms with Gasteiger partial charge in [-0.15, -0.1) is 0 Å². The van der Waals surface area contributed by atoms with Crippen LogP contribution < -0.4 is 5.32 Å². The molecule has 0 aliphatic heterocycles. The van der Waals surface area contributed by atoms with E-state index >= 15 is 0 Å². The van der Waals surface area contributed by atoms with Crippen LogP contribution >= 0.6 is 0 Å². The van der Waals surface area contributed by atoms with Crippen LogP contribution in [0.1, 0.15) is 17.2 Å². The Morgan fingerprint density at radius 3 is 2.57 bits per heavy atom. The minimum absolute atomic E-state index is 0.0199. The lowest BCUT2D eigenvalue weighted by atomic mass is 10.1. The molecule has 0 amide bonds. The Bertz CT molecular complexity index is 801. The molecule has 0 unspecified atom stereocenters. The Morgan fingerprint density at radius 2 is 1.91 bits per heavy atom. The van der Waals surface area contributed by atoms with E-state index in [0.717, 1.165) is 11.8 Å². The first-order chi connectivity index (χ1) is 11.0. The molecule has 0 bridgehead atoms.